The Kier molecular flexibility index (Phi) is 7.48. The van der Waals surface area contributed by atoms with Gasteiger partial charge in [-0.25, -0.2) is 9.48 Å². The molecule has 2 aromatic heterocycles. The van der Waals surface area contributed by atoms with Crippen LogP contribution >= 0.6 is 0 Å². The lowest BCUT2D eigenvalue weighted by molar-refractivity contribution is -0.117. The fraction of sp³-hybridized carbons (Fsp3) is 0.478. The van der Waals surface area contributed by atoms with E-state index in [1.54, 1.807) is 0 Å². The zero-order valence-electron chi connectivity index (χ0n) is 20.6. The van der Waals surface area contributed by atoms with Crippen molar-refractivity contribution >= 4 is 23.1 Å². The van der Waals surface area contributed by atoms with Gasteiger partial charge in [-0.3, -0.25) is 19.1 Å². The minimum absolute atomic E-state index is 0.0594. The lowest BCUT2D eigenvalue weighted by Crippen LogP contribution is -2.44. The molecule has 0 radical (unpaired) electrons. The van der Waals surface area contributed by atoms with Crippen molar-refractivity contribution in [1.82, 2.24) is 29.8 Å². The maximum atomic E-state index is 13.3. The molecule has 36 heavy (non-hydrogen) atoms. The third-order valence-electron chi connectivity index (χ3n) is 5.80. The van der Waals surface area contributed by atoms with Gasteiger partial charge in [-0.15, -0.1) is 5.10 Å². The molecule has 13 heteroatoms. The van der Waals surface area contributed by atoms with Crippen molar-refractivity contribution in [3.8, 4) is 11.4 Å². The maximum Gasteiger partial charge on any atom is 0.330 e. The van der Waals surface area contributed by atoms with Crippen molar-refractivity contribution in [2.24, 2.45) is 5.92 Å². The molecule has 0 spiro atoms. The highest BCUT2D eigenvalue weighted by atomic mass is 16.5. The van der Waals surface area contributed by atoms with E-state index >= 15 is 0 Å². The standard InChI is InChI=1S/C23H31N9O4/c1-14(2)13-31-20(24)19(22(34)26-23(31)35)30(9-10-36-3)18(33)12-25-16-6-4-5-15(11-16)21-27-28-29-32(21)17-7-8-17/h4-6,11,14,17,25H,7-10,12-13,24H2,1-3H3,(H,26,34,35). The van der Waals surface area contributed by atoms with E-state index in [0.717, 1.165) is 18.4 Å². The summed E-state index contributed by atoms with van der Waals surface area (Å²) in [4.78, 5) is 41.9. The number of amides is 1. The fourth-order valence-electron chi connectivity index (χ4n) is 3.92. The van der Waals surface area contributed by atoms with Crippen LogP contribution in [-0.2, 0) is 16.1 Å². The molecule has 4 N–H and O–H groups in total. The quantitative estimate of drug-likeness (QED) is 0.348. The van der Waals surface area contributed by atoms with E-state index in [2.05, 4.69) is 25.8 Å². The number of methoxy groups -OCH3 is 1. The van der Waals surface area contributed by atoms with Crippen molar-refractivity contribution in [3.63, 3.8) is 0 Å². The molecule has 3 aromatic rings. The summed E-state index contributed by atoms with van der Waals surface area (Å²) in [7, 11) is 1.49. The average molecular weight is 498 g/mol. The molecule has 1 aliphatic rings. The minimum atomic E-state index is -0.726. The van der Waals surface area contributed by atoms with Crippen molar-refractivity contribution in [1.29, 1.82) is 0 Å². The lowest BCUT2D eigenvalue weighted by atomic mass is 10.2. The number of aromatic nitrogens is 6. The van der Waals surface area contributed by atoms with E-state index in [-0.39, 0.29) is 37.1 Å². The first-order chi connectivity index (χ1) is 17.3. The largest absolute Gasteiger partial charge is 0.383 e. The second kappa shape index (κ2) is 10.7. The topological polar surface area (TPSA) is 166 Å². The van der Waals surface area contributed by atoms with Crippen molar-refractivity contribution < 1.29 is 9.53 Å². The van der Waals surface area contributed by atoms with E-state index in [1.807, 2.05) is 42.8 Å². The number of ether oxygens (including phenoxy) is 1. The van der Waals surface area contributed by atoms with Gasteiger partial charge in [0.2, 0.25) is 5.91 Å². The highest BCUT2D eigenvalue weighted by Crippen LogP contribution is 2.36. The van der Waals surface area contributed by atoms with Crippen LogP contribution in [0.25, 0.3) is 11.4 Å². The molecule has 1 amide bonds. The van der Waals surface area contributed by atoms with E-state index in [4.69, 9.17) is 10.5 Å². The number of nitrogens with zero attached hydrogens (tertiary/aromatic N) is 6. The molecule has 0 aliphatic heterocycles. The molecule has 4 rings (SSSR count). The summed E-state index contributed by atoms with van der Waals surface area (Å²) in [5.74, 6) is 0.297. The van der Waals surface area contributed by atoms with Crippen LogP contribution < -0.4 is 27.2 Å². The van der Waals surface area contributed by atoms with Crippen LogP contribution in [0.1, 0.15) is 32.7 Å². The number of hydrogen-bond acceptors (Lipinski definition) is 9. The molecular formula is C23H31N9O4. The number of anilines is 3. The number of benzene rings is 1. The predicted octanol–water partition coefficient (Wildman–Crippen LogP) is 0.855. The summed E-state index contributed by atoms with van der Waals surface area (Å²) in [5, 5.41) is 15.1. The number of rotatable bonds is 11. The third-order valence-corrected chi connectivity index (χ3v) is 5.80. The van der Waals surface area contributed by atoms with Crippen LogP contribution in [0.5, 0.6) is 0 Å². The van der Waals surface area contributed by atoms with Gasteiger partial charge < -0.3 is 20.7 Å². The minimum Gasteiger partial charge on any atom is -0.383 e. The average Bonchev–Trinajstić information content (AvgIpc) is 3.58. The van der Waals surface area contributed by atoms with Gasteiger partial charge in [0.1, 0.15) is 5.82 Å². The Morgan fingerprint density at radius 1 is 1.33 bits per heavy atom. The molecule has 0 saturated heterocycles. The maximum absolute atomic E-state index is 13.3. The Labute approximate surface area is 207 Å². The number of carbonyl (C=O) groups excluding carboxylic acids is 1. The first-order valence-corrected chi connectivity index (χ1v) is 11.8. The van der Waals surface area contributed by atoms with E-state index in [1.165, 1.54) is 16.6 Å². The first kappa shape index (κ1) is 25.1. The molecule has 1 fully saturated rings. The molecule has 0 unspecified atom stereocenters. The summed E-state index contributed by atoms with van der Waals surface area (Å²) in [6.07, 6.45) is 2.10. The predicted molar refractivity (Wildman–Crippen MR) is 135 cm³/mol. The number of aromatic amines is 1. The first-order valence-electron chi connectivity index (χ1n) is 11.8. The SMILES string of the molecule is COCCN(C(=O)CNc1cccc(-c2nnnn2C2CC2)c1)c1c(N)n(CC(C)C)c(=O)[nH]c1=O. The number of nitrogens with two attached hydrogens (primary N) is 1. The lowest BCUT2D eigenvalue weighted by Gasteiger charge is -2.25. The van der Waals surface area contributed by atoms with Crippen molar-refractivity contribution in [2.45, 2.75) is 39.3 Å². The van der Waals surface area contributed by atoms with Gasteiger partial charge in [-0.2, -0.15) is 0 Å². The van der Waals surface area contributed by atoms with Crippen LogP contribution in [0.15, 0.2) is 33.9 Å². The highest BCUT2D eigenvalue weighted by Gasteiger charge is 2.28. The highest BCUT2D eigenvalue weighted by molar-refractivity contribution is 5.98. The van der Waals surface area contributed by atoms with E-state index < -0.39 is 17.2 Å². The van der Waals surface area contributed by atoms with Crippen LogP contribution in [0.2, 0.25) is 0 Å². The zero-order chi connectivity index (χ0) is 25.8. The summed E-state index contributed by atoms with van der Waals surface area (Å²) >= 11 is 0. The molecule has 1 saturated carbocycles. The Balaban J connectivity index is 1.56. The smallest absolute Gasteiger partial charge is 0.330 e. The molecule has 2 heterocycles. The number of nitrogen functional groups attached to an aromatic ring is 1. The van der Waals surface area contributed by atoms with Crippen LogP contribution in [-0.4, -0.2) is 62.5 Å². The molecule has 1 aliphatic carbocycles. The monoisotopic (exact) mass is 497 g/mol. The molecule has 0 bridgehead atoms. The third kappa shape index (κ3) is 5.46. The summed E-state index contributed by atoms with van der Waals surface area (Å²) in [5.41, 5.74) is 6.33. The van der Waals surface area contributed by atoms with Gasteiger partial charge in [-0.1, -0.05) is 26.0 Å². The molecule has 192 valence electrons. The summed E-state index contributed by atoms with van der Waals surface area (Å²) < 4.78 is 8.23. The number of carbonyl (C=O) groups is 1. The Bertz CT molecular complexity index is 1340. The Morgan fingerprint density at radius 3 is 2.81 bits per heavy atom. The second-order valence-corrected chi connectivity index (χ2v) is 9.15. The van der Waals surface area contributed by atoms with Crippen LogP contribution in [0, 0.1) is 5.92 Å². The van der Waals surface area contributed by atoms with Gasteiger partial charge in [0.25, 0.3) is 5.56 Å². The zero-order valence-corrected chi connectivity index (χ0v) is 20.6. The Morgan fingerprint density at radius 2 is 2.11 bits per heavy atom. The number of H-pyrrole nitrogens is 1. The number of tetrazole rings is 1. The van der Waals surface area contributed by atoms with Gasteiger partial charge in [0, 0.05) is 31.5 Å². The Hall–Kier alpha value is -4.00. The van der Waals surface area contributed by atoms with E-state index in [0.29, 0.717) is 24.1 Å². The normalized spacial score (nSPS) is 13.2. The van der Waals surface area contributed by atoms with Gasteiger partial charge in [0.05, 0.1) is 19.2 Å². The summed E-state index contributed by atoms with van der Waals surface area (Å²) in [6.45, 7) is 4.28. The van der Waals surface area contributed by atoms with Crippen LogP contribution in [0.4, 0.5) is 17.2 Å². The molecular weight excluding hydrogens is 466 g/mol. The van der Waals surface area contributed by atoms with Crippen LogP contribution in [0.3, 0.4) is 0 Å². The molecule has 13 nitrogen and oxygen atoms in total. The number of nitrogens with one attached hydrogen (secondary N) is 2. The second-order valence-electron chi connectivity index (χ2n) is 9.15. The molecule has 1 aromatic carbocycles. The van der Waals surface area contributed by atoms with Crippen molar-refractivity contribution in [3.05, 3.63) is 45.1 Å². The molecule has 0 atom stereocenters. The fourth-order valence-corrected chi connectivity index (χ4v) is 3.92. The van der Waals surface area contributed by atoms with E-state index in [9.17, 15) is 14.4 Å². The van der Waals surface area contributed by atoms with Gasteiger partial charge in [0.15, 0.2) is 11.5 Å². The van der Waals surface area contributed by atoms with Crippen molar-refractivity contribution in [2.75, 3.05) is 42.8 Å². The van der Waals surface area contributed by atoms with Gasteiger partial charge in [-0.05, 0) is 41.3 Å². The summed E-state index contributed by atoms with van der Waals surface area (Å²) in [6, 6.07) is 7.76. The number of hydrogen-bond donors (Lipinski definition) is 3. The van der Waals surface area contributed by atoms with Gasteiger partial charge >= 0.3 is 5.69 Å².